The van der Waals surface area contributed by atoms with Crippen LogP contribution in [0, 0.1) is 12.3 Å². The van der Waals surface area contributed by atoms with Crippen molar-refractivity contribution in [3.05, 3.63) is 16.0 Å². The Morgan fingerprint density at radius 3 is 3.08 bits per heavy atom. The van der Waals surface area contributed by atoms with Gasteiger partial charge in [-0.3, -0.25) is 0 Å². The van der Waals surface area contributed by atoms with Crippen LogP contribution in [0.5, 0.6) is 5.88 Å². The van der Waals surface area contributed by atoms with Gasteiger partial charge in [0.1, 0.15) is 17.4 Å². The topological polar surface area (TPSA) is 35.0 Å². The van der Waals surface area contributed by atoms with Crippen LogP contribution in [0.2, 0.25) is 5.15 Å². The van der Waals surface area contributed by atoms with Crippen LogP contribution in [-0.2, 0) is 0 Å². The molecule has 13 heavy (non-hydrogen) atoms. The molecule has 0 aromatic carbocycles. The molecule has 0 atom stereocenters. The van der Waals surface area contributed by atoms with Gasteiger partial charge in [-0.05, 0) is 15.9 Å². The molecule has 0 fully saturated rings. The third-order valence-corrected chi connectivity index (χ3v) is 2.43. The zero-order chi connectivity index (χ0) is 9.68. The standard InChI is InChI=1S/C8H6BrClN2O/c1-2-3-4-13-8-6(9)7(10)11-5-12-8/h1,5H,3-4H2. The van der Waals surface area contributed by atoms with Crippen molar-refractivity contribution < 1.29 is 4.74 Å². The van der Waals surface area contributed by atoms with Gasteiger partial charge in [-0.2, -0.15) is 0 Å². The largest absolute Gasteiger partial charge is 0.476 e. The van der Waals surface area contributed by atoms with E-state index in [1.807, 2.05) is 0 Å². The summed E-state index contributed by atoms with van der Waals surface area (Å²) in [7, 11) is 0. The number of nitrogens with zero attached hydrogens (tertiary/aromatic N) is 2. The van der Waals surface area contributed by atoms with E-state index < -0.39 is 0 Å². The summed E-state index contributed by atoms with van der Waals surface area (Å²) in [6.07, 6.45) is 6.93. The second-order valence-corrected chi connectivity index (χ2v) is 3.24. The average molecular weight is 262 g/mol. The molecule has 5 heteroatoms. The molecule has 0 N–H and O–H groups in total. The molecular formula is C8H6BrClN2O. The Hall–Kier alpha value is -0.790. The Morgan fingerprint density at radius 2 is 2.38 bits per heavy atom. The predicted octanol–water partition coefficient (Wildman–Crippen LogP) is 2.29. The Morgan fingerprint density at radius 1 is 1.62 bits per heavy atom. The number of terminal acetylenes is 1. The fourth-order valence-corrected chi connectivity index (χ4v) is 1.08. The monoisotopic (exact) mass is 260 g/mol. The number of hydrogen-bond acceptors (Lipinski definition) is 3. The maximum Gasteiger partial charge on any atom is 0.232 e. The highest BCUT2D eigenvalue weighted by molar-refractivity contribution is 9.10. The van der Waals surface area contributed by atoms with Crippen LogP contribution in [0.25, 0.3) is 0 Å². The first-order valence-electron chi connectivity index (χ1n) is 3.48. The van der Waals surface area contributed by atoms with Gasteiger partial charge in [0, 0.05) is 6.42 Å². The third kappa shape index (κ3) is 2.87. The van der Waals surface area contributed by atoms with Gasteiger partial charge in [0.05, 0.1) is 0 Å². The van der Waals surface area contributed by atoms with E-state index in [1.165, 1.54) is 6.33 Å². The van der Waals surface area contributed by atoms with Crippen LogP contribution >= 0.6 is 27.5 Å². The highest BCUT2D eigenvalue weighted by Crippen LogP contribution is 2.27. The fraction of sp³-hybridized carbons (Fsp3) is 0.250. The molecule has 0 aliphatic rings. The molecule has 0 bridgehead atoms. The molecule has 1 aromatic heterocycles. The summed E-state index contributed by atoms with van der Waals surface area (Å²) < 4.78 is 5.78. The maximum atomic E-state index is 5.71. The lowest BCUT2D eigenvalue weighted by Crippen LogP contribution is -1.99. The van der Waals surface area contributed by atoms with E-state index in [-0.39, 0.29) is 0 Å². The molecule has 1 heterocycles. The van der Waals surface area contributed by atoms with Crippen molar-refractivity contribution in [3.63, 3.8) is 0 Å². The summed E-state index contributed by atoms with van der Waals surface area (Å²) in [5, 5.41) is 0.325. The number of rotatable bonds is 3. The van der Waals surface area contributed by atoms with E-state index in [0.29, 0.717) is 28.5 Å². The molecule has 3 nitrogen and oxygen atoms in total. The van der Waals surface area contributed by atoms with Crippen LogP contribution in [0.1, 0.15) is 6.42 Å². The number of ether oxygens (including phenoxy) is 1. The van der Waals surface area contributed by atoms with E-state index >= 15 is 0 Å². The molecule has 0 aliphatic heterocycles. The normalized spacial score (nSPS) is 9.31. The lowest BCUT2D eigenvalue weighted by atomic mass is 10.5. The quantitative estimate of drug-likeness (QED) is 0.476. The first-order chi connectivity index (χ1) is 6.25. The van der Waals surface area contributed by atoms with Crippen LogP contribution in [0.4, 0.5) is 0 Å². The van der Waals surface area contributed by atoms with Gasteiger partial charge >= 0.3 is 0 Å². The van der Waals surface area contributed by atoms with Gasteiger partial charge in [0.2, 0.25) is 5.88 Å². The van der Waals surface area contributed by atoms with Crippen molar-refractivity contribution in [2.45, 2.75) is 6.42 Å². The molecule has 0 saturated carbocycles. The second kappa shape index (κ2) is 5.05. The molecule has 0 spiro atoms. The minimum Gasteiger partial charge on any atom is -0.476 e. The lowest BCUT2D eigenvalue weighted by molar-refractivity contribution is 0.311. The van der Waals surface area contributed by atoms with Crippen molar-refractivity contribution in [3.8, 4) is 18.2 Å². The minimum absolute atomic E-state index is 0.325. The maximum absolute atomic E-state index is 5.71. The second-order valence-electron chi connectivity index (χ2n) is 2.09. The SMILES string of the molecule is C#CCCOc1ncnc(Cl)c1Br. The first-order valence-corrected chi connectivity index (χ1v) is 4.65. The van der Waals surface area contributed by atoms with E-state index in [0.717, 1.165) is 0 Å². The molecule has 1 aromatic rings. The fourth-order valence-electron chi connectivity index (χ4n) is 0.641. The highest BCUT2D eigenvalue weighted by Gasteiger charge is 2.06. The van der Waals surface area contributed by atoms with Gasteiger partial charge in [-0.25, -0.2) is 9.97 Å². The predicted molar refractivity (Wildman–Crippen MR) is 53.7 cm³/mol. The molecule has 0 radical (unpaired) electrons. The number of hydrogen-bond donors (Lipinski definition) is 0. The third-order valence-electron chi connectivity index (χ3n) is 1.20. The molecule has 68 valence electrons. The molecule has 0 aliphatic carbocycles. The van der Waals surface area contributed by atoms with Gasteiger partial charge in [0.25, 0.3) is 0 Å². The zero-order valence-corrected chi connectivity index (χ0v) is 8.97. The Kier molecular flexibility index (Phi) is 4.00. The van der Waals surface area contributed by atoms with Crippen LogP contribution in [0.15, 0.2) is 10.8 Å². The molecular weight excluding hydrogens is 255 g/mol. The number of halogens is 2. The van der Waals surface area contributed by atoms with Crippen molar-refractivity contribution in [1.82, 2.24) is 9.97 Å². The van der Waals surface area contributed by atoms with E-state index in [4.69, 9.17) is 22.8 Å². The summed E-state index contributed by atoms with van der Waals surface area (Å²) >= 11 is 8.91. The van der Waals surface area contributed by atoms with E-state index in [1.54, 1.807) is 0 Å². The van der Waals surface area contributed by atoms with Gasteiger partial charge in [-0.15, -0.1) is 12.3 Å². The van der Waals surface area contributed by atoms with Crippen LogP contribution in [-0.4, -0.2) is 16.6 Å². The van der Waals surface area contributed by atoms with Gasteiger partial charge in [0.15, 0.2) is 5.15 Å². The zero-order valence-electron chi connectivity index (χ0n) is 6.63. The van der Waals surface area contributed by atoms with E-state index in [2.05, 4.69) is 31.8 Å². The molecule has 0 saturated heterocycles. The Balaban J connectivity index is 2.67. The summed E-state index contributed by atoms with van der Waals surface area (Å²) in [6, 6.07) is 0. The molecule has 0 amide bonds. The summed E-state index contributed by atoms with van der Waals surface area (Å²) in [5.74, 6) is 2.87. The minimum atomic E-state index is 0.325. The summed E-state index contributed by atoms with van der Waals surface area (Å²) in [4.78, 5) is 7.63. The Bertz CT molecular complexity index is 337. The van der Waals surface area contributed by atoms with Crippen molar-refractivity contribution in [2.24, 2.45) is 0 Å². The summed E-state index contributed by atoms with van der Waals surface area (Å²) in [6.45, 7) is 0.419. The van der Waals surface area contributed by atoms with Crippen molar-refractivity contribution >= 4 is 27.5 Å². The van der Waals surface area contributed by atoms with Gasteiger partial charge < -0.3 is 4.74 Å². The molecule has 0 unspecified atom stereocenters. The first kappa shape index (κ1) is 10.3. The van der Waals surface area contributed by atoms with Crippen LogP contribution in [0.3, 0.4) is 0 Å². The smallest absolute Gasteiger partial charge is 0.232 e. The van der Waals surface area contributed by atoms with E-state index in [9.17, 15) is 0 Å². The lowest BCUT2D eigenvalue weighted by Gasteiger charge is -2.04. The van der Waals surface area contributed by atoms with Crippen LogP contribution < -0.4 is 4.74 Å². The highest BCUT2D eigenvalue weighted by atomic mass is 79.9. The van der Waals surface area contributed by atoms with Crippen molar-refractivity contribution in [2.75, 3.05) is 6.61 Å². The molecule has 1 rings (SSSR count). The Labute approximate surface area is 89.6 Å². The van der Waals surface area contributed by atoms with Crippen molar-refractivity contribution in [1.29, 1.82) is 0 Å². The summed E-state index contributed by atoms with van der Waals surface area (Å²) in [5.41, 5.74) is 0. The average Bonchev–Trinajstić information content (AvgIpc) is 2.13. The number of aromatic nitrogens is 2. The van der Waals surface area contributed by atoms with Gasteiger partial charge in [-0.1, -0.05) is 11.6 Å².